The molecule has 2 aromatic heterocycles. The minimum Gasteiger partial charge on any atom is -0.443 e. The monoisotopic (exact) mass is 392 g/mol. The Morgan fingerprint density at radius 1 is 1.24 bits per heavy atom. The topological polar surface area (TPSA) is 71.3 Å². The van der Waals surface area contributed by atoms with Crippen molar-refractivity contribution >= 4 is 22.8 Å². The molecule has 1 aliphatic rings. The molecule has 6 nitrogen and oxygen atoms in total. The van der Waals surface area contributed by atoms with E-state index in [0.29, 0.717) is 24.6 Å². The Morgan fingerprint density at radius 2 is 2.07 bits per heavy atom. The number of carbonyl (C=O) groups excluding carboxylic acids is 1. The molecular formula is C23H28N4O2. The van der Waals surface area contributed by atoms with Crippen molar-refractivity contribution in [3.8, 4) is 0 Å². The number of hydrogen-bond donors (Lipinski definition) is 1. The first-order valence-electron chi connectivity index (χ1n) is 10.2. The van der Waals surface area contributed by atoms with Crippen molar-refractivity contribution in [2.45, 2.75) is 47.1 Å². The summed E-state index contributed by atoms with van der Waals surface area (Å²) in [6, 6.07) is 8.24. The summed E-state index contributed by atoms with van der Waals surface area (Å²) in [6.07, 6.45) is 1.86. The zero-order valence-corrected chi connectivity index (χ0v) is 17.6. The van der Waals surface area contributed by atoms with Crippen molar-refractivity contribution in [3.05, 3.63) is 52.5 Å². The molecule has 0 unspecified atom stereocenters. The Hall–Kier alpha value is -2.89. The molecule has 3 heterocycles. The van der Waals surface area contributed by atoms with Gasteiger partial charge < -0.3 is 14.6 Å². The average Bonchev–Trinajstić information content (AvgIpc) is 2.99. The van der Waals surface area contributed by atoms with Gasteiger partial charge in [-0.15, -0.1) is 0 Å². The van der Waals surface area contributed by atoms with Crippen molar-refractivity contribution in [3.63, 3.8) is 0 Å². The lowest BCUT2D eigenvalue weighted by Crippen LogP contribution is -2.43. The molecular weight excluding hydrogens is 364 g/mol. The number of benzene rings is 1. The van der Waals surface area contributed by atoms with Gasteiger partial charge in [-0.2, -0.15) is 4.98 Å². The van der Waals surface area contributed by atoms with E-state index >= 15 is 0 Å². The normalized spacial score (nSPS) is 17.0. The molecule has 0 spiro atoms. The number of nitrogens with zero attached hydrogens (tertiary/aromatic N) is 3. The summed E-state index contributed by atoms with van der Waals surface area (Å²) in [5.74, 6) is 2.50. The summed E-state index contributed by atoms with van der Waals surface area (Å²) >= 11 is 0. The second kappa shape index (κ2) is 7.85. The molecule has 1 aliphatic heterocycles. The highest BCUT2D eigenvalue weighted by atomic mass is 16.3. The predicted molar refractivity (Wildman–Crippen MR) is 114 cm³/mol. The smallest absolute Gasteiger partial charge is 0.231 e. The number of piperidine rings is 1. The maximum Gasteiger partial charge on any atom is 0.231 e. The van der Waals surface area contributed by atoms with E-state index in [1.165, 1.54) is 5.56 Å². The van der Waals surface area contributed by atoms with Gasteiger partial charge in [-0.25, -0.2) is 4.98 Å². The lowest BCUT2D eigenvalue weighted by atomic mass is 9.96. The van der Waals surface area contributed by atoms with Gasteiger partial charge in [0.15, 0.2) is 0 Å². The number of fused-ring (bicyclic) bond motifs is 1. The summed E-state index contributed by atoms with van der Waals surface area (Å²) in [5.41, 5.74) is 4.03. The SMILES string of the molecule is Cc1cccc(CNC(=O)[C@@H]2CCCN(c3nc(C)nc4oc(C)c(C)c34)C2)c1. The van der Waals surface area contributed by atoms with E-state index in [9.17, 15) is 4.79 Å². The van der Waals surface area contributed by atoms with Gasteiger partial charge in [0.1, 0.15) is 17.4 Å². The Kier molecular flexibility index (Phi) is 5.26. The summed E-state index contributed by atoms with van der Waals surface area (Å²) in [5, 5.41) is 4.08. The number of rotatable bonds is 4. The number of amides is 1. The fraction of sp³-hybridized carbons (Fsp3) is 0.435. The lowest BCUT2D eigenvalue weighted by molar-refractivity contribution is -0.125. The Bertz CT molecular complexity index is 1060. The number of anilines is 1. The molecule has 1 saturated heterocycles. The third-order valence-electron chi connectivity index (χ3n) is 5.76. The predicted octanol–water partition coefficient (Wildman–Crippen LogP) is 3.99. The van der Waals surface area contributed by atoms with Gasteiger partial charge in [0, 0.05) is 25.2 Å². The fourth-order valence-electron chi connectivity index (χ4n) is 4.10. The Balaban J connectivity index is 1.51. The van der Waals surface area contributed by atoms with E-state index in [0.717, 1.165) is 47.5 Å². The van der Waals surface area contributed by atoms with Crippen LogP contribution in [0.2, 0.25) is 0 Å². The first-order chi connectivity index (χ1) is 13.9. The summed E-state index contributed by atoms with van der Waals surface area (Å²) in [7, 11) is 0. The van der Waals surface area contributed by atoms with E-state index in [-0.39, 0.29) is 11.8 Å². The van der Waals surface area contributed by atoms with Crippen LogP contribution in [0.3, 0.4) is 0 Å². The van der Waals surface area contributed by atoms with E-state index in [1.54, 1.807) is 0 Å². The maximum absolute atomic E-state index is 12.8. The highest BCUT2D eigenvalue weighted by Crippen LogP contribution is 2.33. The summed E-state index contributed by atoms with van der Waals surface area (Å²) < 4.78 is 5.83. The van der Waals surface area contributed by atoms with Crippen LogP contribution in [-0.4, -0.2) is 29.0 Å². The molecule has 29 heavy (non-hydrogen) atoms. The van der Waals surface area contributed by atoms with Crippen LogP contribution in [0, 0.1) is 33.6 Å². The van der Waals surface area contributed by atoms with Gasteiger partial charge in [-0.3, -0.25) is 4.79 Å². The second-order valence-electron chi connectivity index (χ2n) is 8.05. The van der Waals surface area contributed by atoms with Gasteiger partial charge in [-0.1, -0.05) is 29.8 Å². The maximum atomic E-state index is 12.8. The van der Waals surface area contributed by atoms with Crippen LogP contribution in [0.25, 0.3) is 11.1 Å². The zero-order valence-electron chi connectivity index (χ0n) is 17.6. The third kappa shape index (κ3) is 3.97. The van der Waals surface area contributed by atoms with Gasteiger partial charge >= 0.3 is 0 Å². The van der Waals surface area contributed by atoms with Crippen LogP contribution in [0.1, 0.15) is 41.1 Å². The van der Waals surface area contributed by atoms with Crippen molar-refractivity contribution < 1.29 is 9.21 Å². The minimum absolute atomic E-state index is 0.0489. The summed E-state index contributed by atoms with van der Waals surface area (Å²) in [4.78, 5) is 24.2. The molecule has 3 aromatic rings. The molecule has 0 aliphatic carbocycles. The second-order valence-corrected chi connectivity index (χ2v) is 8.05. The molecule has 0 radical (unpaired) electrons. The van der Waals surface area contributed by atoms with Crippen LogP contribution in [-0.2, 0) is 11.3 Å². The van der Waals surface area contributed by atoms with Gasteiger partial charge in [0.05, 0.1) is 11.3 Å². The highest BCUT2D eigenvalue weighted by molar-refractivity contribution is 5.90. The molecule has 1 N–H and O–H groups in total. The third-order valence-corrected chi connectivity index (χ3v) is 5.76. The van der Waals surface area contributed by atoms with Crippen LogP contribution in [0.5, 0.6) is 0 Å². The van der Waals surface area contributed by atoms with Crippen molar-refractivity contribution in [2.24, 2.45) is 5.92 Å². The number of aromatic nitrogens is 2. The average molecular weight is 393 g/mol. The Labute approximate surface area is 171 Å². The lowest BCUT2D eigenvalue weighted by Gasteiger charge is -2.33. The minimum atomic E-state index is -0.0489. The molecule has 1 atom stereocenters. The molecule has 6 heteroatoms. The molecule has 0 bridgehead atoms. The number of furan rings is 1. The van der Waals surface area contributed by atoms with E-state index < -0.39 is 0 Å². The van der Waals surface area contributed by atoms with Crippen LogP contribution >= 0.6 is 0 Å². The largest absolute Gasteiger partial charge is 0.443 e. The number of aryl methyl sites for hydroxylation is 4. The standard InChI is InChI=1S/C23H28N4O2/c1-14-7-5-8-18(11-14)12-24-22(28)19-9-6-10-27(13-19)21-20-15(2)16(3)29-23(20)26-17(4)25-21/h5,7-8,11,19H,6,9-10,12-13H2,1-4H3,(H,24,28)/t19-/m1/s1. The van der Waals surface area contributed by atoms with Gasteiger partial charge in [0.25, 0.3) is 0 Å². The van der Waals surface area contributed by atoms with Crippen molar-refractivity contribution in [1.29, 1.82) is 0 Å². The van der Waals surface area contributed by atoms with E-state index in [1.807, 2.05) is 32.9 Å². The summed E-state index contributed by atoms with van der Waals surface area (Å²) in [6.45, 7) is 10.0. The number of hydrogen-bond acceptors (Lipinski definition) is 5. The molecule has 152 valence electrons. The van der Waals surface area contributed by atoms with Crippen LogP contribution in [0.15, 0.2) is 28.7 Å². The van der Waals surface area contributed by atoms with Gasteiger partial charge in [0.2, 0.25) is 11.6 Å². The van der Waals surface area contributed by atoms with Crippen LogP contribution < -0.4 is 10.2 Å². The van der Waals surface area contributed by atoms with Crippen LogP contribution in [0.4, 0.5) is 5.82 Å². The van der Waals surface area contributed by atoms with E-state index in [2.05, 4.69) is 34.3 Å². The fourth-order valence-corrected chi connectivity index (χ4v) is 4.10. The van der Waals surface area contributed by atoms with Crippen molar-refractivity contribution in [1.82, 2.24) is 15.3 Å². The first-order valence-corrected chi connectivity index (χ1v) is 10.2. The molecule has 0 saturated carbocycles. The quantitative estimate of drug-likeness (QED) is 0.727. The molecule has 4 rings (SSSR count). The Morgan fingerprint density at radius 3 is 2.86 bits per heavy atom. The van der Waals surface area contributed by atoms with E-state index in [4.69, 9.17) is 9.40 Å². The first kappa shape index (κ1) is 19.4. The molecule has 1 fully saturated rings. The zero-order chi connectivity index (χ0) is 20.5. The number of carbonyl (C=O) groups is 1. The highest BCUT2D eigenvalue weighted by Gasteiger charge is 2.29. The molecule has 1 amide bonds. The van der Waals surface area contributed by atoms with Crippen molar-refractivity contribution in [2.75, 3.05) is 18.0 Å². The van der Waals surface area contributed by atoms with Gasteiger partial charge in [-0.05, 0) is 46.1 Å². The molecule has 1 aromatic carbocycles. The number of nitrogens with one attached hydrogen (secondary N) is 1.